The van der Waals surface area contributed by atoms with Crippen molar-refractivity contribution in [3.05, 3.63) is 76.6 Å². The van der Waals surface area contributed by atoms with Gasteiger partial charge in [-0.2, -0.15) is 13.2 Å². The Labute approximate surface area is 207 Å². The first-order chi connectivity index (χ1) is 16.8. The SMILES string of the molecule is CN(C)C(=N)/C(CC(=O)O)=C(\N=CCc1ccc(NC(=O)c2ccc(C(F)(F)F)cc2)cc1)N(C)C. The van der Waals surface area contributed by atoms with E-state index in [4.69, 9.17) is 5.41 Å². The van der Waals surface area contributed by atoms with Gasteiger partial charge in [0.2, 0.25) is 0 Å². The molecule has 11 heteroatoms. The smallest absolute Gasteiger partial charge is 0.416 e. The topological polar surface area (TPSA) is 109 Å². The molecule has 0 saturated heterocycles. The van der Waals surface area contributed by atoms with Crippen LogP contribution < -0.4 is 5.32 Å². The minimum absolute atomic E-state index is 0.0476. The molecule has 36 heavy (non-hydrogen) atoms. The van der Waals surface area contributed by atoms with Crippen LogP contribution in [0.3, 0.4) is 0 Å². The van der Waals surface area contributed by atoms with Crippen LogP contribution in [0.1, 0.15) is 27.9 Å². The average Bonchev–Trinajstić information content (AvgIpc) is 2.80. The Bertz CT molecular complexity index is 1150. The molecule has 0 aliphatic heterocycles. The second-order valence-electron chi connectivity index (χ2n) is 8.25. The zero-order chi connectivity index (χ0) is 27.0. The Balaban J connectivity index is 2.11. The molecule has 1 amide bonds. The standard InChI is InChI=1S/C25H28F3N5O3/c1-32(2)22(29)20(15-21(34)35)23(33(3)4)30-14-13-16-5-11-19(12-6-16)31-24(36)17-7-9-18(10-8-17)25(26,27)28/h5-12,14,29H,13,15H2,1-4H3,(H,31,36)(H,34,35)/b23-20+,29-22?,30-14?. The van der Waals surface area contributed by atoms with E-state index in [2.05, 4.69) is 10.3 Å². The molecule has 0 aromatic heterocycles. The Morgan fingerprint density at radius 2 is 1.58 bits per heavy atom. The Morgan fingerprint density at radius 1 is 1.00 bits per heavy atom. The molecule has 2 aromatic carbocycles. The number of hydrogen-bond acceptors (Lipinski definition) is 5. The van der Waals surface area contributed by atoms with Gasteiger partial charge in [0.05, 0.1) is 12.0 Å². The third-order valence-electron chi connectivity index (χ3n) is 4.98. The van der Waals surface area contributed by atoms with Crippen LogP contribution in [-0.2, 0) is 17.4 Å². The average molecular weight is 504 g/mol. The van der Waals surface area contributed by atoms with Crippen molar-refractivity contribution in [2.75, 3.05) is 33.5 Å². The highest BCUT2D eigenvalue weighted by Crippen LogP contribution is 2.29. The number of nitrogens with zero attached hydrogens (tertiary/aromatic N) is 3. The molecule has 0 radical (unpaired) electrons. The molecule has 0 unspecified atom stereocenters. The van der Waals surface area contributed by atoms with Gasteiger partial charge in [-0.3, -0.25) is 15.0 Å². The van der Waals surface area contributed by atoms with Crippen LogP contribution in [-0.4, -0.2) is 67.0 Å². The van der Waals surface area contributed by atoms with E-state index in [9.17, 15) is 27.9 Å². The van der Waals surface area contributed by atoms with E-state index in [0.29, 0.717) is 17.9 Å². The number of halogens is 3. The van der Waals surface area contributed by atoms with E-state index in [1.165, 1.54) is 4.90 Å². The van der Waals surface area contributed by atoms with Gasteiger partial charge < -0.3 is 20.2 Å². The number of carboxylic acid groups (broad SMARTS) is 1. The molecule has 0 saturated carbocycles. The second-order valence-corrected chi connectivity index (χ2v) is 8.25. The van der Waals surface area contributed by atoms with E-state index in [-0.39, 0.29) is 23.4 Å². The van der Waals surface area contributed by atoms with Crippen molar-refractivity contribution in [3.63, 3.8) is 0 Å². The fourth-order valence-electron chi connectivity index (χ4n) is 3.13. The summed E-state index contributed by atoms with van der Waals surface area (Å²) in [6, 6.07) is 10.8. The van der Waals surface area contributed by atoms with Crippen LogP contribution in [0.25, 0.3) is 0 Å². The van der Waals surface area contributed by atoms with Gasteiger partial charge in [0, 0.05) is 57.7 Å². The number of alkyl halides is 3. The molecule has 3 N–H and O–H groups in total. The quantitative estimate of drug-likeness (QED) is 0.348. The normalized spacial score (nSPS) is 12.2. The summed E-state index contributed by atoms with van der Waals surface area (Å²) in [5.41, 5.74) is 0.869. The van der Waals surface area contributed by atoms with E-state index >= 15 is 0 Å². The van der Waals surface area contributed by atoms with Crippen molar-refractivity contribution < 1.29 is 27.9 Å². The third kappa shape index (κ3) is 7.97. The number of aliphatic imine (C=N–C) groups is 1. The van der Waals surface area contributed by atoms with Crippen LogP contribution >= 0.6 is 0 Å². The van der Waals surface area contributed by atoms with Crippen LogP contribution in [0.5, 0.6) is 0 Å². The fourth-order valence-corrected chi connectivity index (χ4v) is 3.13. The number of hydrogen-bond donors (Lipinski definition) is 3. The minimum atomic E-state index is -4.47. The summed E-state index contributed by atoms with van der Waals surface area (Å²) in [5.74, 6) is -1.20. The Morgan fingerprint density at radius 3 is 2.06 bits per heavy atom. The predicted molar refractivity (Wildman–Crippen MR) is 132 cm³/mol. The van der Waals surface area contributed by atoms with Crippen LogP contribution in [0.15, 0.2) is 64.9 Å². The lowest BCUT2D eigenvalue weighted by Crippen LogP contribution is -2.27. The van der Waals surface area contributed by atoms with Crippen LogP contribution in [0, 0.1) is 5.41 Å². The first-order valence-corrected chi connectivity index (χ1v) is 10.8. The number of benzene rings is 2. The number of nitrogens with one attached hydrogen (secondary N) is 2. The summed E-state index contributed by atoms with van der Waals surface area (Å²) in [5, 5.41) is 20.1. The van der Waals surface area contributed by atoms with Gasteiger partial charge >= 0.3 is 12.1 Å². The maximum atomic E-state index is 12.7. The van der Waals surface area contributed by atoms with Gasteiger partial charge in [-0.1, -0.05) is 12.1 Å². The zero-order valence-electron chi connectivity index (χ0n) is 20.3. The molecule has 2 rings (SSSR count). The highest BCUT2D eigenvalue weighted by Gasteiger charge is 2.30. The molecule has 192 valence electrons. The molecular weight excluding hydrogens is 475 g/mol. The lowest BCUT2D eigenvalue weighted by Gasteiger charge is -2.22. The fraction of sp³-hybridized carbons (Fsp3) is 0.280. The summed E-state index contributed by atoms with van der Waals surface area (Å²) < 4.78 is 38.1. The molecule has 2 aromatic rings. The predicted octanol–water partition coefficient (Wildman–Crippen LogP) is 4.36. The summed E-state index contributed by atoms with van der Waals surface area (Å²) in [4.78, 5) is 31.2. The van der Waals surface area contributed by atoms with Gasteiger partial charge in [0.25, 0.3) is 5.91 Å². The number of carbonyl (C=O) groups excluding carboxylic acids is 1. The highest BCUT2D eigenvalue weighted by molar-refractivity contribution is 6.04. The highest BCUT2D eigenvalue weighted by atomic mass is 19.4. The van der Waals surface area contributed by atoms with E-state index in [0.717, 1.165) is 29.8 Å². The second kappa shape index (κ2) is 12.0. The number of aliphatic carboxylic acids is 1. The van der Waals surface area contributed by atoms with E-state index in [1.54, 1.807) is 63.6 Å². The molecule has 8 nitrogen and oxygen atoms in total. The van der Waals surface area contributed by atoms with Gasteiger partial charge in [-0.05, 0) is 42.0 Å². The summed E-state index contributed by atoms with van der Waals surface area (Å²) in [6.07, 6.45) is -2.81. The zero-order valence-corrected chi connectivity index (χ0v) is 20.3. The molecule has 0 bridgehead atoms. The first kappa shape index (κ1) is 28.1. The van der Waals surface area contributed by atoms with Crippen LogP contribution in [0.2, 0.25) is 0 Å². The van der Waals surface area contributed by atoms with Crippen molar-refractivity contribution >= 4 is 29.6 Å². The molecular formula is C25H28F3N5O3. The van der Waals surface area contributed by atoms with Crippen molar-refractivity contribution in [3.8, 4) is 0 Å². The summed E-state index contributed by atoms with van der Waals surface area (Å²) in [7, 11) is 6.73. The van der Waals surface area contributed by atoms with Crippen molar-refractivity contribution in [2.24, 2.45) is 4.99 Å². The molecule has 0 spiro atoms. The van der Waals surface area contributed by atoms with Gasteiger partial charge in [0.1, 0.15) is 11.7 Å². The monoisotopic (exact) mass is 503 g/mol. The van der Waals surface area contributed by atoms with Crippen molar-refractivity contribution in [1.82, 2.24) is 9.80 Å². The summed E-state index contributed by atoms with van der Waals surface area (Å²) in [6.45, 7) is 0. The van der Waals surface area contributed by atoms with Crippen LogP contribution in [0.4, 0.5) is 18.9 Å². The minimum Gasteiger partial charge on any atom is -0.481 e. The lowest BCUT2D eigenvalue weighted by atomic mass is 10.1. The molecule has 0 fully saturated rings. The summed E-state index contributed by atoms with van der Waals surface area (Å²) >= 11 is 0. The number of amidine groups is 1. The molecule has 0 atom stereocenters. The largest absolute Gasteiger partial charge is 0.481 e. The number of amides is 1. The molecule has 0 aliphatic rings. The van der Waals surface area contributed by atoms with Crippen molar-refractivity contribution in [1.29, 1.82) is 5.41 Å². The van der Waals surface area contributed by atoms with Gasteiger partial charge in [-0.15, -0.1) is 0 Å². The first-order valence-electron chi connectivity index (χ1n) is 10.8. The maximum Gasteiger partial charge on any atom is 0.416 e. The number of carboxylic acids is 1. The third-order valence-corrected chi connectivity index (χ3v) is 4.98. The number of likely N-dealkylation sites (N-methyl/N-ethyl adjacent to an activating group) is 1. The van der Waals surface area contributed by atoms with Gasteiger partial charge in [0.15, 0.2) is 0 Å². The van der Waals surface area contributed by atoms with Crippen molar-refractivity contribution in [2.45, 2.75) is 19.0 Å². The van der Waals surface area contributed by atoms with E-state index in [1.807, 2.05) is 0 Å². The lowest BCUT2D eigenvalue weighted by molar-refractivity contribution is -0.138. The van der Waals surface area contributed by atoms with E-state index < -0.39 is 23.6 Å². The Hall–Kier alpha value is -4.15. The number of rotatable bonds is 9. The maximum absolute atomic E-state index is 12.7. The van der Waals surface area contributed by atoms with Gasteiger partial charge in [-0.25, -0.2) is 4.99 Å². The Kier molecular flexibility index (Phi) is 9.37. The molecule has 0 aliphatic carbocycles. The number of anilines is 1. The number of carbonyl (C=O) groups is 2. The molecule has 0 heterocycles.